The molecule has 1 aromatic heterocycles. The van der Waals surface area contributed by atoms with Crippen LogP contribution in [-0.2, 0) is 17.9 Å². The topological polar surface area (TPSA) is 36.4 Å². The summed E-state index contributed by atoms with van der Waals surface area (Å²) in [5.74, 6) is 0.982. The lowest BCUT2D eigenvalue weighted by Gasteiger charge is -2.21. The molecule has 0 aliphatic carbocycles. The molecule has 3 heterocycles. The summed E-state index contributed by atoms with van der Waals surface area (Å²) in [4.78, 5) is 21.2. The van der Waals surface area contributed by atoms with E-state index in [0.717, 1.165) is 31.7 Å². The van der Waals surface area contributed by atoms with Gasteiger partial charge < -0.3 is 4.90 Å². The lowest BCUT2D eigenvalue weighted by Crippen LogP contribution is -2.32. The molecule has 0 unspecified atom stereocenters. The van der Waals surface area contributed by atoms with E-state index < -0.39 is 0 Å². The van der Waals surface area contributed by atoms with Crippen molar-refractivity contribution in [2.45, 2.75) is 13.1 Å². The minimum atomic E-state index is 0.181. The first-order valence-electron chi connectivity index (χ1n) is 8.23. The summed E-state index contributed by atoms with van der Waals surface area (Å²) in [7, 11) is 0. The molecular weight excluding hydrogens is 286 g/mol. The molecule has 2 atom stereocenters. The molecule has 0 spiro atoms. The third-order valence-electron chi connectivity index (χ3n) is 4.97. The van der Waals surface area contributed by atoms with Crippen LogP contribution in [0.3, 0.4) is 0 Å². The summed E-state index contributed by atoms with van der Waals surface area (Å²) < 4.78 is 0. The van der Waals surface area contributed by atoms with Crippen LogP contribution in [0, 0.1) is 11.8 Å². The molecular formula is C19H21N3O. The van der Waals surface area contributed by atoms with E-state index in [2.05, 4.69) is 34.1 Å². The zero-order chi connectivity index (χ0) is 15.6. The Morgan fingerprint density at radius 2 is 1.65 bits per heavy atom. The van der Waals surface area contributed by atoms with E-state index in [-0.39, 0.29) is 5.92 Å². The second-order valence-corrected chi connectivity index (χ2v) is 6.62. The van der Waals surface area contributed by atoms with Gasteiger partial charge in [0.05, 0.1) is 5.92 Å². The van der Waals surface area contributed by atoms with Gasteiger partial charge in [-0.3, -0.25) is 14.7 Å². The number of carbonyl (C=O) groups excluding carboxylic acids is 1. The van der Waals surface area contributed by atoms with Crippen molar-refractivity contribution in [2.75, 3.05) is 19.6 Å². The van der Waals surface area contributed by atoms with Gasteiger partial charge in [-0.25, -0.2) is 0 Å². The number of benzene rings is 1. The van der Waals surface area contributed by atoms with E-state index in [1.807, 2.05) is 23.1 Å². The first kappa shape index (κ1) is 14.4. The minimum absolute atomic E-state index is 0.181. The Morgan fingerprint density at radius 1 is 0.913 bits per heavy atom. The van der Waals surface area contributed by atoms with E-state index in [1.54, 1.807) is 12.4 Å². The van der Waals surface area contributed by atoms with Crippen LogP contribution in [0.1, 0.15) is 11.1 Å². The molecule has 0 saturated carbocycles. The molecule has 1 aromatic carbocycles. The number of nitrogens with zero attached hydrogens (tertiary/aromatic N) is 3. The van der Waals surface area contributed by atoms with Crippen molar-refractivity contribution >= 4 is 5.91 Å². The number of rotatable bonds is 4. The lowest BCUT2D eigenvalue weighted by atomic mass is 10.0. The molecule has 4 nitrogen and oxygen atoms in total. The molecule has 2 aromatic rings. The van der Waals surface area contributed by atoms with Gasteiger partial charge in [-0.1, -0.05) is 30.3 Å². The predicted octanol–water partition coefficient (Wildman–Crippen LogP) is 2.17. The standard InChI is InChI=1S/C19H21N3O/c23-19-18-14-21(10-15-4-2-1-3-5-15)12-17(18)13-22(19)11-16-6-8-20-9-7-16/h1-9,17-18H,10-14H2/t17-,18-/m1/s1. The van der Waals surface area contributed by atoms with Gasteiger partial charge in [-0.2, -0.15) is 0 Å². The summed E-state index contributed by atoms with van der Waals surface area (Å²) in [6, 6.07) is 14.5. The number of likely N-dealkylation sites (tertiary alicyclic amines) is 2. The number of hydrogen-bond donors (Lipinski definition) is 0. The molecule has 23 heavy (non-hydrogen) atoms. The van der Waals surface area contributed by atoms with Gasteiger partial charge in [0, 0.05) is 51.0 Å². The number of amides is 1. The SMILES string of the molecule is O=C1[C@@H]2CN(Cc3ccccc3)C[C@@H]2CN1Cc1ccncc1. The maximum atomic E-state index is 12.7. The second kappa shape index (κ2) is 6.13. The van der Waals surface area contributed by atoms with Crippen LogP contribution in [0.2, 0.25) is 0 Å². The normalized spacial score (nSPS) is 24.2. The fourth-order valence-corrected chi connectivity index (χ4v) is 3.85. The van der Waals surface area contributed by atoms with E-state index >= 15 is 0 Å². The van der Waals surface area contributed by atoms with Crippen molar-refractivity contribution in [2.24, 2.45) is 11.8 Å². The Balaban J connectivity index is 1.37. The Labute approximate surface area is 136 Å². The third kappa shape index (κ3) is 2.99. The molecule has 118 valence electrons. The number of hydrogen-bond acceptors (Lipinski definition) is 3. The van der Waals surface area contributed by atoms with Crippen molar-refractivity contribution in [1.82, 2.24) is 14.8 Å². The molecule has 2 fully saturated rings. The zero-order valence-corrected chi connectivity index (χ0v) is 13.1. The van der Waals surface area contributed by atoms with E-state index in [1.165, 1.54) is 5.56 Å². The number of fused-ring (bicyclic) bond motifs is 1. The Hall–Kier alpha value is -2.20. The number of aromatic nitrogens is 1. The van der Waals surface area contributed by atoms with Crippen LogP contribution < -0.4 is 0 Å². The molecule has 2 aliphatic heterocycles. The van der Waals surface area contributed by atoms with Gasteiger partial charge in [0.2, 0.25) is 5.91 Å². The largest absolute Gasteiger partial charge is 0.338 e. The van der Waals surface area contributed by atoms with Gasteiger partial charge in [0.25, 0.3) is 0 Å². The highest BCUT2D eigenvalue weighted by molar-refractivity contribution is 5.82. The van der Waals surface area contributed by atoms with E-state index in [0.29, 0.717) is 18.4 Å². The average molecular weight is 307 g/mol. The summed E-state index contributed by atoms with van der Waals surface area (Å²) in [6.07, 6.45) is 3.58. The zero-order valence-electron chi connectivity index (χ0n) is 13.1. The van der Waals surface area contributed by atoms with E-state index in [9.17, 15) is 4.79 Å². The van der Waals surface area contributed by atoms with Crippen molar-refractivity contribution < 1.29 is 4.79 Å². The summed E-state index contributed by atoms with van der Waals surface area (Å²) in [6.45, 7) is 4.47. The molecule has 4 rings (SSSR count). The molecule has 1 amide bonds. The Morgan fingerprint density at radius 3 is 2.39 bits per heavy atom. The van der Waals surface area contributed by atoms with Crippen LogP contribution in [0.5, 0.6) is 0 Å². The van der Waals surface area contributed by atoms with Gasteiger partial charge in [0.15, 0.2) is 0 Å². The first-order chi connectivity index (χ1) is 11.3. The van der Waals surface area contributed by atoms with Crippen LogP contribution in [-0.4, -0.2) is 40.3 Å². The fourth-order valence-electron chi connectivity index (χ4n) is 3.85. The van der Waals surface area contributed by atoms with Crippen LogP contribution in [0.25, 0.3) is 0 Å². The highest BCUT2D eigenvalue weighted by atomic mass is 16.2. The summed E-state index contributed by atoms with van der Waals surface area (Å²) in [5, 5.41) is 0. The van der Waals surface area contributed by atoms with E-state index in [4.69, 9.17) is 0 Å². The smallest absolute Gasteiger partial charge is 0.227 e. The van der Waals surface area contributed by atoms with Crippen molar-refractivity contribution in [1.29, 1.82) is 0 Å². The van der Waals surface area contributed by atoms with Gasteiger partial charge in [0.1, 0.15) is 0 Å². The molecule has 0 bridgehead atoms. The molecule has 0 radical (unpaired) electrons. The fraction of sp³-hybridized carbons (Fsp3) is 0.368. The lowest BCUT2D eigenvalue weighted by molar-refractivity contribution is -0.131. The first-order valence-corrected chi connectivity index (χ1v) is 8.23. The average Bonchev–Trinajstić information content (AvgIpc) is 3.09. The highest BCUT2D eigenvalue weighted by Gasteiger charge is 2.45. The van der Waals surface area contributed by atoms with Crippen molar-refractivity contribution in [3.05, 3.63) is 66.0 Å². The maximum Gasteiger partial charge on any atom is 0.227 e. The van der Waals surface area contributed by atoms with Crippen molar-refractivity contribution in [3.8, 4) is 0 Å². The van der Waals surface area contributed by atoms with Crippen molar-refractivity contribution in [3.63, 3.8) is 0 Å². The quantitative estimate of drug-likeness (QED) is 0.868. The Kier molecular flexibility index (Phi) is 3.83. The second-order valence-electron chi connectivity index (χ2n) is 6.62. The van der Waals surface area contributed by atoms with Crippen LogP contribution in [0.15, 0.2) is 54.9 Å². The third-order valence-corrected chi connectivity index (χ3v) is 4.97. The monoisotopic (exact) mass is 307 g/mol. The van der Waals surface area contributed by atoms with Crippen LogP contribution >= 0.6 is 0 Å². The summed E-state index contributed by atoms with van der Waals surface area (Å²) >= 11 is 0. The van der Waals surface area contributed by atoms with Gasteiger partial charge >= 0.3 is 0 Å². The summed E-state index contributed by atoms with van der Waals surface area (Å²) in [5.41, 5.74) is 2.49. The minimum Gasteiger partial charge on any atom is -0.338 e. The van der Waals surface area contributed by atoms with Gasteiger partial charge in [-0.05, 0) is 23.3 Å². The number of carbonyl (C=O) groups is 1. The molecule has 2 saturated heterocycles. The molecule has 0 N–H and O–H groups in total. The Bertz CT molecular complexity index is 674. The maximum absolute atomic E-state index is 12.7. The molecule has 2 aliphatic rings. The van der Waals surface area contributed by atoms with Gasteiger partial charge in [-0.15, -0.1) is 0 Å². The number of pyridine rings is 1. The van der Waals surface area contributed by atoms with Crippen LogP contribution in [0.4, 0.5) is 0 Å². The predicted molar refractivity (Wildman–Crippen MR) is 88.4 cm³/mol. The molecule has 4 heteroatoms. The highest BCUT2D eigenvalue weighted by Crippen LogP contribution is 2.33.